The number of aromatic hydroxyl groups is 1. The molecule has 0 fully saturated rings. The van der Waals surface area contributed by atoms with Crippen molar-refractivity contribution in [2.75, 3.05) is 7.11 Å². The molecule has 0 saturated heterocycles. The number of amides is 2. The molecule has 0 bridgehead atoms. The number of nitro benzene ring substituents is 1. The molecule has 0 unspecified atom stereocenters. The summed E-state index contributed by atoms with van der Waals surface area (Å²) in [5.74, 6) is -1.30. The van der Waals surface area contributed by atoms with Gasteiger partial charge in [-0.05, 0) is 48.9 Å². The van der Waals surface area contributed by atoms with Gasteiger partial charge in [0, 0.05) is 17.2 Å². The smallest absolute Gasteiger partial charge is 0.311 e. The summed E-state index contributed by atoms with van der Waals surface area (Å²) in [6.07, 6.45) is 1.29. The second-order valence-electron chi connectivity index (χ2n) is 7.22. The Morgan fingerprint density at radius 2 is 1.74 bits per heavy atom. The van der Waals surface area contributed by atoms with Crippen LogP contribution in [-0.2, 0) is 4.79 Å². The zero-order valence-corrected chi connectivity index (χ0v) is 18.9. The standard InChI is InChI=1S/C25H22N4O6/c1-16(19-10-6-7-11-22(19)30)27-28-25(32)20(26-24(31)18-8-4-3-5-9-18)14-17-12-13-23(35-2)21(15-17)29(33)34/h3-15,30H,1-2H3,(H,26,31)(H,28,32)/b20-14?,27-16+. The fraction of sp³-hybridized carbons (Fsp3) is 0.0800. The van der Waals surface area contributed by atoms with Crippen molar-refractivity contribution in [1.29, 1.82) is 0 Å². The molecule has 3 aromatic rings. The van der Waals surface area contributed by atoms with Crippen LogP contribution in [0.2, 0.25) is 0 Å². The molecule has 10 nitrogen and oxygen atoms in total. The lowest BCUT2D eigenvalue weighted by molar-refractivity contribution is -0.385. The van der Waals surface area contributed by atoms with Gasteiger partial charge in [0.25, 0.3) is 11.8 Å². The molecule has 0 radical (unpaired) electrons. The van der Waals surface area contributed by atoms with Gasteiger partial charge in [0.05, 0.1) is 17.7 Å². The monoisotopic (exact) mass is 474 g/mol. The quantitative estimate of drug-likeness (QED) is 0.197. The Kier molecular flexibility index (Phi) is 7.91. The van der Waals surface area contributed by atoms with Crippen LogP contribution < -0.4 is 15.5 Å². The average molecular weight is 474 g/mol. The Bertz CT molecular complexity index is 1320. The van der Waals surface area contributed by atoms with Crippen molar-refractivity contribution >= 4 is 29.3 Å². The minimum atomic E-state index is -0.775. The fourth-order valence-electron chi connectivity index (χ4n) is 3.08. The number of nitrogens with one attached hydrogen (secondary N) is 2. The lowest BCUT2D eigenvalue weighted by Crippen LogP contribution is -2.33. The number of phenolic OH excluding ortho intramolecular Hbond substituents is 1. The third-order valence-electron chi connectivity index (χ3n) is 4.86. The highest BCUT2D eigenvalue weighted by atomic mass is 16.6. The molecule has 0 aliphatic carbocycles. The molecule has 0 aliphatic rings. The van der Waals surface area contributed by atoms with Gasteiger partial charge in [-0.2, -0.15) is 5.10 Å². The minimum Gasteiger partial charge on any atom is -0.507 e. The Labute approximate surface area is 200 Å². The molecular formula is C25H22N4O6. The van der Waals surface area contributed by atoms with Crippen LogP contribution in [0.4, 0.5) is 5.69 Å². The van der Waals surface area contributed by atoms with E-state index >= 15 is 0 Å². The number of rotatable bonds is 8. The predicted octanol–water partition coefficient (Wildman–Crippen LogP) is 3.62. The second-order valence-corrected chi connectivity index (χ2v) is 7.22. The minimum absolute atomic E-state index is 0.0123. The summed E-state index contributed by atoms with van der Waals surface area (Å²) in [6.45, 7) is 1.59. The van der Waals surface area contributed by atoms with Crippen LogP contribution in [0, 0.1) is 10.1 Å². The van der Waals surface area contributed by atoms with Crippen LogP contribution >= 0.6 is 0 Å². The van der Waals surface area contributed by atoms with Crippen molar-refractivity contribution in [2.45, 2.75) is 6.92 Å². The Balaban J connectivity index is 1.95. The lowest BCUT2D eigenvalue weighted by atomic mass is 10.1. The van der Waals surface area contributed by atoms with Crippen LogP contribution in [0.25, 0.3) is 6.08 Å². The van der Waals surface area contributed by atoms with E-state index in [1.54, 1.807) is 55.5 Å². The van der Waals surface area contributed by atoms with Gasteiger partial charge >= 0.3 is 5.69 Å². The number of phenols is 1. The number of carbonyl (C=O) groups is 2. The van der Waals surface area contributed by atoms with E-state index in [4.69, 9.17) is 4.74 Å². The summed E-state index contributed by atoms with van der Waals surface area (Å²) >= 11 is 0. The van der Waals surface area contributed by atoms with Crippen LogP contribution in [0.15, 0.2) is 83.6 Å². The van der Waals surface area contributed by atoms with Crippen molar-refractivity contribution in [1.82, 2.24) is 10.7 Å². The molecule has 0 atom stereocenters. The maximum atomic E-state index is 13.0. The molecule has 0 spiro atoms. The molecule has 0 aliphatic heterocycles. The lowest BCUT2D eigenvalue weighted by Gasteiger charge is -2.10. The van der Waals surface area contributed by atoms with Gasteiger partial charge in [0.15, 0.2) is 5.75 Å². The summed E-state index contributed by atoms with van der Waals surface area (Å²) in [5, 5.41) is 27.9. The predicted molar refractivity (Wildman–Crippen MR) is 130 cm³/mol. The number of nitro groups is 1. The summed E-state index contributed by atoms with van der Waals surface area (Å²) in [4.78, 5) is 36.4. The van der Waals surface area contributed by atoms with Crippen molar-refractivity contribution in [2.24, 2.45) is 5.10 Å². The van der Waals surface area contributed by atoms with Crippen molar-refractivity contribution in [3.8, 4) is 11.5 Å². The van der Waals surface area contributed by atoms with Gasteiger partial charge in [-0.3, -0.25) is 19.7 Å². The number of carbonyl (C=O) groups excluding carboxylic acids is 2. The third-order valence-corrected chi connectivity index (χ3v) is 4.86. The number of benzene rings is 3. The molecule has 35 heavy (non-hydrogen) atoms. The first-order valence-electron chi connectivity index (χ1n) is 10.3. The van der Waals surface area contributed by atoms with E-state index in [2.05, 4.69) is 15.8 Å². The van der Waals surface area contributed by atoms with E-state index in [0.717, 1.165) is 0 Å². The van der Waals surface area contributed by atoms with Gasteiger partial charge in [-0.15, -0.1) is 0 Å². The van der Waals surface area contributed by atoms with Gasteiger partial charge in [-0.25, -0.2) is 5.43 Å². The van der Waals surface area contributed by atoms with Gasteiger partial charge in [0.2, 0.25) is 0 Å². The zero-order valence-electron chi connectivity index (χ0n) is 18.9. The summed E-state index contributed by atoms with van der Waals surface area (Å²) < 4.78 is 5.00. The molecule has 0 aromatic heterocycles. The van der Waals surface area contributed by atoms with Crippen molar-refractivity contribution < 1.29 is 24.4 Å². The molecule has 3 aromatic carbocycles. The van der Waals surface area contributed by atoms with E-state index < -0.39 is 16.7 Å². The van der Waals surface area contributed by atoms with E-state index in [0.29, 0.717) is 16.8 Å². The number of hydrogen-bond acceptors (Lipinski definition) is 7. The molecular weight excluding hydrogens is 452 g/mol. The fourth-order valence-corrected chi connectivity index (χ4v) is 3.08. The molecule has 178 valence electrons. The molecule has 3 N–H and O–H groups in total. The number of nitrogens with zero attached hydrogens (tertiary/aromatic N) is 2. The normalized spacial score (nSPS) is 11.5. The maximum Gasteiger partial charge on any atom is 0.311 e. The molecule has 3 rings (SSSR count). The molecule has 10 heteroatoms. The first-order chi connectivity index (χ1) is 16.8. The maximum absolute atomic E-state index is 13.0. The Morgan fingerprint density at radius 3 is 2.40 bits per heavy atom. The summed E-state index contributed by atoms with van der Waals surface area (Å²) in [7, 11) is 1.31. The molecule has 0 saturated carbocycles. The van der Waals surface area contributed by atoms with Crippen LogP contribution in [0.5, 0.6) is 11.5 Å². The zero-order chi connectivity index (χ0) is 25.4. The number of methoxy groups -OCH3 is 1. The number of ether oxygens (including phenoxy) is 1. The largest absolute Gasteiger partial charge is 0.507 e. The Hall–Kier alpha value is -4.99. The summed E-state index contributed by atoms with van der Waals surface area (Å²) in [5.41, 5.74) is 3.16. The van der Waals surface area contributed by atoms with Gasteiger partial charge < -0.3 is 15.2 Å². The number of para-hydroxylation sites is 1. The van der Waals surface area contributed by atoms with Gasteiger partial charge in [-0.1, -0.05) is 36.4 Å². The number of hydrogen-bond donors (Lipinski definition) is 3. The van der Waals surface area contributed by atoms with E-state index in [1.807, 2.05) is 0 Å². The molecule has 0 heterocycles. The SMILES string of the molecule is COc1ccc(C=C(NC(=O)c2ccccc2)C(=O)N/N=C(\C)c2ccccc2O)cc1[N+](=O)[O-]. The third kappa shape index (κ3) is 6.29. The van der Waals surface area contributed by atoms with Gasteiger partial charge in [0.1, 0.15) is 11.4 Å². The van der Waals surface area contributed by atoms with Crippen molar-refractivity contribution in [3.63, 3.8) is 0 Å². The van der Waals surface area contributed by atoms with Crippen LogP contribution in [0.3, 0.4) is 0 Å². The Morgan fingerprint density at radius 1 is 1.06 bits per heavy atom. The number of hydrazone groups is 1. The highest BCUT2D eigenvalue weighted by Gasteiger charge is 2.18. The van der Waals surface area contributed by atoms with E-state index in [1.165, 1.54) is 37.5 Å². The first kappa shape index (κ1) is 24.6. The summed E-state index contributed by atoms with van der Waals surface area (Å²) in [6, 6.07) is 18.8. The van der Waals surface area contributed by atoms with Crippen LogP contribution in [0.1, 0.15) is 28.4 Å². The van der Waals surface area contributed by atoms with Crippen molar-refractivity contribution in [3.05, 3.63) is 105 Å². The highest BCUT2D eigenvalue weighted by Crippen LogP contribution is 2.28. The van der Waals surface area contributed by atoms with E-state index in [9.17, 15) is 24.8 Å². The second kappa shape index (κ2) is 11.2. The first-order valence-corrected chi connectivity index (χ1v) is 10.3. The highest BCUT2D eigenvalue weighted by molar-refractivity contribution is 6.06. The molecule has 2 amide bonds. The average Bonchev–Trinajstić information content (AvgIpc) is 2.87. The van der Waals surface area contributed by atoms with E-state index in [-0.39, 0.29) is 28.4 Å². The van der Waals surface area contributed by atoms with Crippen LogP contribution in [-0.4, -0.2) is 34.7 Å². The topological polar surface area (TPSA) is 143 Å².